The van der Waals surface area contributed by atoms with Crippen molar-refractivity contribution in [2.24, 2.45) is 11.7 Å². The Morgan fingerprint density at radius 3 is 2.38 bits per heavy atom. The van der Waals surface area contributed by atoms with Crippen LogP contribution in [0.25, 0.3) is 0 Å². The van der Waals surface area contributed by atoms with Crippen molar-refractivity contribution in [2.45, 2.75) is 57.4 Å². The number of nitrogens with zero attached hydrogens (tertiary/aromatic N) is 1. The van der Waals surface area contributed by atoms with E-state index in [1.807, 2.05) is 0 Å². The molecule has 1 aliphatic rings. The van der Waals surface area contributed by atoms with Crippen molar-refractivity contribution in [3.63, 3.8) is 0 Å². The zero-order chi connectivity index (χ0) is 15.1. The highest BCUT2D eigenvalue weighted by Crippen LogP contribution is 2.29. The first-order chi connectivity index (χ1) is 10.2. The largest absolute Gasteiger partial charge is 0.329 e. The number of likely N-dealkylation sites (N-methyl/N-ethyl adjacent to an activating group) is 1. The van der Waals surface area contributed by atoms with Crippen molar-refractivity contribution >= 4 is 0 Å². The van der Waals surface area contributed by atoms with Crippen LogP contribution in [0.1, 0.15) is 51.0 Å². The zero-order valence-electron chi connectivity index (χ0n) is 13.9. The minimum Gasteiger partial charge on any atom is -0.329 e. The number of nitrogens with two attached hydrogens (primary N) is 1. The van der Waals surface area contributed by atoms with Gasteiger partial charge in [0.05, 0.1) is 0 Å². The summed E-state index contributed by atoms with van der Waals surface area (Å²) in [6.45, 7) is 4.23. The van der Waals surface area contributed by atoms with E-state index in [2.05, 4.69) is 49.2 Å². The van der Waals surface area contributed by atoms with Crippen molar-refractivity contribution in [1.29, 1.82) is 0 Å². The third-order valence-electron chi connectivity index (χ3n) is 5.48. The third kappa shape index (κ3) is 4.31. The highest BCUT2D eigenvalue weighted by atomic mass is 15.2. The number of hydrogen-bond donors (Lipinski definition) is 1. The lowest BCUT2D eigenvalue weighted by Gasteiger charge is -2.43. The molecule has 0 amide bonds. The summed E-state index contributed by atoms with van der Waals surface area (Å²) in [4.78, 5) is 2.57. The predicted molar refractivity (Wildman–Crippen MR) is 91.4 cm³/mol. The average Bonchev–Trinajstić information content (AvgIpc) is 2.54. The second kappa shape index (κ2) is 7.95. The molecule has 1 unspecified atom stereocenters. The van der Waals surface area contributed by atoms with Gasteiger partial charge in [0.1, 0.15) is 0 Å². The summed E-state index contributed by atoms with van der Waals surface area (Å²) in [7, 11) is 2.29. The molecule has 0 aliphatic heterocycles. The fourth-order valence-corrected chi connectivity index (χ4v) is 3.83. The van der Waals surface area contributed by atoms with Gasteiger partial charge in [-0.25, -0.2) is 0 Å². The Labute approximate surface area is 130 Å². The zero-order valence-corrected chi connectivity index (χ0v) is 13.9. The monoisotopic (exact) mass is 288 g/mol. The lowest BCUT2D eigenvalue weighted by Crippen LogP contribution is -2.54. The molecule has 118 valence electrons. The molecular weight excluding hydrogens is 256 g/mol. The Balaban J connectivity index is 2.04. The molecule has 2 N–H and O–H groups in total. The molecule has 1 aromatic carbocycles. The molecule has 0 radical (unpaired) electrons. The molecule has 0 aromatic heterocycles. The molecule has 0 saturated heterocycles. The number of benzene rings is 1. The van der Waals surface area contributed by atoms with E-state index < -0.39 is 0 Å². The Morgan fingerprint density at radius 2 is 1.81 bits per heavy atom. The van der Waals surface area contributed by atoms with Crippen molar-refractivity contribution < 1.29 is 0 Å². The Kier molecular flexibility index (Phi) is 6.25. The van der Waals surface area contributed by atoms with E-state index in [9.17, 15) is 0 Å². The molecule has 2 heteroatoms. The summed E-state index contributed by atoms with van der Waals surface area (Å²) in [5.74, 6) is 0.872. The van der Waals surface area contributed by atoms with Gasteiger partial charge in [-0.2, -0.15) is 0 Å². The molecular formula is C19H32N2. The van der Waals surface area contributed by atoms with Crippen LogP contribution in [0.3, 0.4) is 0 Å². The van der Waals surface area contributed by atoms with Crippen LogP contribution in [0.4, 0.5) is 0 Å². The normalized spacial score (nSPS) is 19.6. The van der Waals surface area contributed by atoms with Gasteiger partial charge in [0, 0.05) is 18.6 Å². The molecule has 1 fully saturated rings. The Morgan fingerprint density at radius 1 is 1.14 bits per heavy atom. The van der Waals surface area contributed by atoms with Crippen molar-refractivity contribution in [3.8, 4) is 0 Å². The van der Waals surface area contributed by atoms with Crippen LogP contribution in [0, 0.1) is 5.92 Å². The Hall–Kier alpha value is -0.860. The lowest BCUT2D eigenvalue weighted by atomic mass is 9.83. The summed E-state index contributed by atoms with van der Waals surface area (Å²) in [5, 5.41) is 0. The summed E-state index contributed by atoms with van der Waals surface area (Å²) in [5.41, 5.74) is 7.74. The van der Waals surface area contributed by atoms with Gasteiger partial charge in [-0.1, -0.05) is 56.5 Å². The molecule has 1 atom stereocenters. The van der Waals surface area contributed by atoms with E-state index in [0.29, 0.717) is 0 Å². The first-order valence-corrected chi connectivity index (χ1v) is 8.65. The van der Waals surface area contributed by atoms with Gasteiger partial charge >= 0.3 is 0 Å². The van der Waals surface area contributed by atoms with Gasteiger partial charge in [-0.3, -0.25) is 4.90 Å². The highest BCUT2D eigenvalue weighted by molar-refractivity contribution is 5.18. The SMILES string of the molecule is CCC(CN)(Cc1ccccc1)N(C)CC1CCCCC1. The average molecular weight is 288 g/mol. The minimum absolute atomic E-state index is 0.110. The molecule has 2 nitrogen and oxygen atoms in total. The minimum atomic E-state index is 0.110. The molecule has 0 spiro atoms. The quantitative estimate of drug-likeness (QED) is 0.826. The first kappa shape index (κ1) is 16.5. The standard InChI is InChI=1S/C19H32N2/c1-3-19(16-20,14-17-10-6-4-7-11-17)21(2)15-18-12-8-5-9-13-18/h4,6-7,10-11,18H,3,5,8-9,12-16,20H2,1-2H3. The Bertz CT molecular complexity index is 391. The predicted octanol–water partition coefficient (Wildman–Crippen LogP) is 3.85. The van der Waals surface area contributed by atoms with E-state index in [-0.39, 0.29) is 5.54 Å². The molecule has 2 rings (SSSR count). The van der Waals surface area contributed by atoms with E-state index >= 15 is 0 Å². The van der Waals surface area contributed by atoms with E-state index in [1.165, 1.54) is 44.2 Å². The van der Waals surface area contributed by atoms with Crippen LogP contribution in [0.5, 0.6) is 0 Å². The van der Waals surface area contributed by atoms with Crippen LogP contribution in [-0.4, -0.2) is 30.6 Å². The highest BCUT2D eigenvalue weighted by Gasteiger charge is 2.33. The van der Waals surface area contributed by atoms with Crippen LogP contribution in [-0.2, 0) is 6.42 Å². The van der Waals surface area contributed by atoms with E-state index in [1.54, 1.807) is 0 Å². The third-order valence-corrected chi connectivity index (χ3v) is 5.48. The van der Waals surface area contributed by atoms with Gasteiger partial charge in [0.2, 0.25) is 0 Å². The van der Waals surface area contributed by atoms with Gasteiger partial charge < -0.3 is 5.73 Å². The molecule has 0 bridgehead atoms. The molecule has 21 heavy (non-hydrogen) atoms. The van der Waals surface area contributed by atoms with Gasteiger partial charge in [-0.05, 0) is 44.2 Å². The second-order valence-corrected chi connectivity index (χ2v) is 6.83. The maximum absolute atomic E-state index is 6.23. The first-order valence-electron chi connectivity index (χ1n) is 8.65. The fourth-order valence-electron chi connectivity index (χ4n) is 3.83. The van der Waals surface area contributed by atoms with Crippen LogP contribution >= 0.6 is 0 Å². The van der Waals surface area contributed by atoms with E-state index in [0.717, 1.165) is 25.3 Å². The second-order valence-electron chi connectivity index (χ2n) is 6.83. The van der Waals surface area contributed by atoms with Crippen LogP contribution < -0.4 is 5.73 Å². The molecule has 1 aromatic rings. The van der Waals surface area contributed by atoms with E-state index in [4.69, 9.17) is 5.73 Å². The van der Waals surface area contributed by atoms with Crippen molar-refractivity contribution in [3.05, 3.63) is 35.9 Å². The van der Waals surface area contributed by atoms with Gasteiger partial charge in [0.25, 0.3) is 0 Å². The fraction of sp³-hybridized carbons (Fsp3) is 0.684. The van der Waals surface area contributed by atoms with Crippen LogP contribution in [0.2, 0.25) is 0 Å². The van der Waals surface area contributed by atoms with Crippen molar-refractivity contribution in [2.75, 3.05) is 20.1 Å². The molecule has 0 heterocycles. The topological polar surface area (TPSA) is 29.3 Å². The lowest BCUT2D eigenvalue weighted by molar-refractivity contribution is 0.0910. The summed E-state index contributed by atoms with van der Waals surface area (Å²) < 4.78 is 0. The molecule has 1 aliphatic carbocycles. The maximum atomic E-state index is 6.23. The summed E-state index contributed by atoms with van der Waals surface area (Å²) >= 11 is 0. The van der Waals surface area contributed by atoms with Gasteiger partial charge in [-0.15, -0.1) is 0 Å². The number of rotatable bonds is 7. The van der Waals surface area contributed by atoms with Gasteiger partial charge in [0.15, 0.2) is 0 Å². The smallest absolute Gasteiger partial charge is 0.0366 e. The number of hydrogen-bond acceptors (Lipinski definition) is 2. The summed E-state index contributed by atoms with van der Waals surface area (Å²) in [6, 6.07) is 10.8. The van der Waals surface area contributed by atoms with Crippen LogP contribution in [0.15, 0.2) is 30.3 Å². The van der Waals surface area contributed by atoms with Crippen molar-refractivity contribution in [1.82, 2.24) is 4.90 Å². The molecule has 1 saturated carbocycles. The summed E-state index contributed by atoms with van der Waals surface area (Å²) in [6.07, 6.45) is 9.24. The maximum Gasteiger partial charge on any atom is 0.0366 e.